The average molecular weight is 457 g/mol. The predicted octanol–water partition coefficient (Wildman–Crippen LogP) is 3.33. The number of piperazine rings is 1. The van der Waals surface area contributed by atoms with Gasteiger partial charge in [0.1, 0.15) is 6.54 Å². The quantitative estimate of drug-likeness (QED) is 0.765. The third-order valence-electron chi connectivity index (χ3n) is 7.62. The summed E-state index contributed by atoms with van der Waals surface area (Å²) in [6, 6.07) is 4.52. The molecule has 0 atom stereocenters. The maximum Gasteiger partial charge on any atom is 0.276 e. The maximum absolute atomic E-state index is 13.4. The summed E-state index contributed by atoms with van der Waals surface area (Å²) in [5, 5.41) is 14.8. The molecule has 3 saturated carbocycles. The minimum absolute atomic E-state index is 0.0273. The van der Waals surface area contributed by atoms with E-state index in [4.69, 9.17) is 11.6 Å². The molecule has 8 heteroatoms. The summed E-state index contributed by atoms with van der Waals surface area (Å²) in [7, 11) is 0. The van der Waals surface area contributed by atoms with Gasteiger partial charge in [0.15, 0.2) is 5.69 Å². The largest absolute Gasteiger partial charge is 0.393 e. The highest BCUT2D eigenvalue weighted by atomic mass is 35.5. The van der Waals surface area contributed by atoms with Gasteiger partial charge in [-0.15, -0.1) is 0 Å². The highest BCUT2D eigenvalue weighted by Crippen LogP contribution is 2.46. The molecule has 0 radical (unpaired) electrons. The van der Waals surface area contributed by atoms with E-state index in [-0.39, 0.29) is 36.2 Å². The third-order valence-corrected chi connectivity index (χ3v) is 7.99. The van der Waals surface area contributed by atoms with Gasteiger partial charge < -0.3 is 14.9 Å². The topological polar surface area (TPSA) is 78.2 Å². The molecular formula is C24H29ClN4O3. The van der Waals surface area contributed by atoms with Crippen molar-refractivity contribution in [3.05, 3.63) is 34.1 Å². The van der Waals surface area contributed by atoms with Crippen molar-refractivity contribution in [2.75, 3.05) is 19.6 Å². The molecule has 4 aliphatic rings. The van der Waals surface area contributed by atoms with Gasteiger partial charge in [-0.2, -0.15) is 5.10 Å². The predicted molar refractivity (Wildman–Crippen MR) is 120 cm³/mol. The number of rotatable bonds is 4. The summed E-state index contributed by atoms with van der Waals surface area (Å²) in [5.41, 5.74) is 3.53. The van der Waals surface area contributed by atoms with Gasteiger partial charge in [-0.25, -0.2) is 4.52 Å². The molecule has 2 aromatic heterocycles. The molecule has 1 N–H and O–H groups in total. The van der Waals surface area contributed by atoms with Crippen LogP contribution < -0.4 is 0 Å². The molecule has 2 amide bonds. The lowest BCUT2D eigenvalue weighted by atomic mass is 9.91. The Morgan fingerprint density at radius 2 is 1.72 bits per heavy atom. The average Bonchev–Trinajstić information content (AvgIpc) is 3.71. The number of halogens is 1. The van der Waals surface area contributed by atoms with Gasteiger partial charge in [0.05, 0.1) is 16.6 Å². The SMILES string of the molecule is O=C(c1nn2c(C3CC3)cc(C3CC3)cc2c1Cl)N1CCN([C@H]2CC[C@H](O)CC2)C(=O)C1. The molecule has 7 nitrogen and oxygen atoms in total. The minimum Gasteiger partial charge on any atom is -0.393 e. The number of hydrogen-bond donors (Lipinski definition) is 1. The van der Waals surface area contributed by atoms with E-state index in [0.29, 0.717) is 29.9 Å². The van der Waals surface area contributed by atoms with Gasteiger partial charge in [-0.05, 0) is 75.0 Å². The van der Waals surface area contributed by atoms with Crippen molar-refractivity contribution in [2.24, 2.45) is 0 Å². The monoisotopic (exact) mass is 456 g/mol. The zero-order valence-electron chi connectivity index (χ0n) is 18.2. The fourth-order valence-corrected chi connectivity index (χ4v) is 5.64. The second kappa shape index (κ2) is 7.73. The fraction of sp³-hybridized carbons (Fsp3) is 0.625. The summed E-state index contributed by atoms with van der Waals surface area (Å²) in [6.07, 6.45) is 7.60. The van der Waals surface area contributed by atoms with Crippen LogP contribution in [0.25, 0.3) is 5.52 Å². The lowest BCUT2D eigenvalue weighted by molar-refractivity contribution is -0.138. The Balaban J connectivity index is 1.24. The highest BCUT2D eigenvalue weighted by Gasteiger charge is 2.36. The lowest BCUT2D eigenvalue weighted by Gasteiger charge is -2.41. The number of aliphatic hydroxyl groups is 1. The summed E-state index contributed by atoms with van der Waals surface area (Å²) >= 11 is 6.72. The zero-order chi connectivity index (χ0) is 22.0. The smallest absolute Gasteiger partial charge is 0.276 e. The maximum atomic E-state index is 13.4. The van der Waals surface area contributed by atoms with Crippen LogP contribution >= 0.6 is 11.6 Å². The number of hydrogen-bond acceptors (Lipinski definition) is 4. The number of nitrogens with zero attached hydrogens (tertiary/aromatic N) is 4. The van der Waals surface area contributed by atoms with Crippen molar-refractivity contribution in [3.8, 4) is 0 Å². The Kier molecular flexibility index (Phi) is 4.95. The molecule has 2 aromatic rings. The number of aromatic nitrogens is 2. The molecule has 0 bridgehead atoms. The first-order valence-electron chi connectivity index (χ1n) is 12.0. The van der Waals surface area contributed by atoms with E-state index in [1.54, 1.807) is 4.90 Å². The van der Waals surface area contributed by atoms with E-state index in [2.05, 4.69) is 17.2 Å². The van der Waals surface area contributed by atoms with Crippen molar-refractivity contribution in [1.29, 1.82) is 0 Å². The van der Waals surface area contributed by atoms with Crippen LogP contribution in [0.5, 0.6) is 0 Å². The molecule has 0 aromatic carbocycles. The minimum atomic E-state index is -0.263. The highest BCUT2D eigenvalue weighted by molar-refractivity contribution is 6.36. The van der Waals surface area contributed by atoms with Crippen molar-refractivity contribution in [1.82, 2.24) is 19.4 Å². The summed E-state index contributed by atoms with van der Waals surface area (Å²) in [6.45, 7) is 1.07. The Bertz CT molecular complexity index is 1080. The van der Waals surface area contributed by atoms with Crippen molar-refractivity contribution in [2.45, 2.75) is 75.3 Å². The van der Waals surface area contributed by atoms with Gasteiger partial charge in [0.2, 0.25) is 5.91 Å². The molecule has 170 valence electrons. The van der Waals surface area contributed by atoms with E-state index in [9.17, 15) is 14.7 Å². The molecule has 4 fully saturated rings. The van der Waals surface area contributed by atoms with Gasteiger partial charge in [-0.1, -0.05) is 11.6 Å². The summed E-state index contributed by atoms with van der Waals surface area (Å²) < 4.78 is 1.87. The van der Waals surface area contributed by atoms with Gasteiger partial charge in [0.25, 0.3) is 5.91 Å². The van der Waals surface area contributed by atoms with Crippen LogP contribution in [0.2, 0.25) is 5.02 Å². The van der Waals surface area contributed by atoms with E-state index in [1.165, 1.54) is 18.4 Å². The number of pyridine rings is 1. The first-order chi connectivity index (χ1) is 15.5. The normalized spacial score (nSPS) is 26.8. The molecule has 3 heterocycles. The van der Waals surface area contributed by atoms with E-state index < -0.39 is 0 Å². The van der Waals surface area contributed by atoms with Crippen LogP contribution in [0.3, 0.4) is 0 Å². The molecule has 1 aliphatic heterocycles. The number of amides is 2. The zero-order valence-corrected chi connectivity index (χ0v) is 18.9. The first kappa shape index (κ1) is 20.5. The van der Waals surface area contributed by atoms with Crippen LogP contribution in [0.1, 0.15) is 84.9 Å². The number of aliphatic hydroxyl groups excluding tert-OH is 1. The molecule has 0 spiro atoms. The standard InChI is InChI=1S/C24H29ClN4O3/c25-22-20-12-16(14-1-2-14)11-19(15-3-4-15)29(20)26-23(22)24(32)27-9-10-28(21(31)13-27)17-5-7-18(30)8-6-17/h11-12,14-15,17-18,30H,1-10,13H2/t17-,18-. The second-order valence-electron chi connectivity index (χ2n) is 10.00. The van der Waals surface area contributed by atoms with E-state index in [0.717, 1.165) is 49.7 Å². The molecule has 3 aliphatic carbocycles. The van der Waals surface area contributed by atoms with Crippen LogP contribution in [-0.2, 0) is 4.79 Å². The Labute approximate surface area is 192 Å². The Hall–Kier alpha value is -2.12. The molecular weight excluding hydrogens is 428 g/mol. The van der Waals surface area contributed by atoms with Crippen molar-refractivity contribution < 1.29 is 14.7 Å². The first-order valence-corrected chi connectivity index (χ1v) is 12.4. The number of carbonyl (C=O) groups excluding carboxylic acids is 2. The molecule has 6 rings (SSSR count). The van der Waals surface area contributed by atoms with Crippen LogP contribution in [0.4, 0.5) is 0 Å². The van der Waals surface area contributed by atoms with Crippen LogP contribution in [-0.4, -0.2) is 68.1 Å². The van der Waals surface area contributed by atoms with Crippen molar-refractivity contribution in [3.63, 3.8) is 0 Å². The van der Waals surface area contributed by atoms with Crippen molar-refractivity contribution >= 4 is 28.9 Å². The lowest BCUT2D eigenvalue weighted by Crippen LogP contribution is -2.56. The Morgan fingerprint density at radius 1 is 1.00 bits per heavy atom. The number of carbonyl (C=O) groups is 2. The van der Waals surface area contributed by atoms with E-state index in [1.807, 2.05) is 9.42 Å². The number of fused-ring (bicyclic) bond motifs is 1. The Morgan fingerprint density at radius 3 is 2.38 bits per heavy atom. The van der Waals surface area contributed by atoms with Gasteiger partial charge in [0, 0.05) is 30.7 Å². The van der Waals surface area contributed by atoms with Crippen LogP contribution in [0, 0.1) is 0 Å². The summed E-state index contributed by atoms with van der Waals surface area (Å²) in [5.74, 6) is 0.810. The van der Waals surface area contributed by atoms with Gasteiger partial charge in [-0.3, -0.25) is 9.59 Å². The third kappa shape index (κ3) is 3.59. The van der Waals surface area contributed by atoms with Gasteiger partial charge >= 0.3 is 0 Å². The molecule has 0 unspecified atom stereocenters. The summed E-state index contributed by atoms with van der Waals surface area (Å²) in [4.78, 5) is 29.7. The van der Waals surface area contributed by atoms with Crippen LogP contribution in [0.15, 0.2) is 12.1 Å². The fourth-order valence-electron chi connectivity index (χ4n) is 5.39. The van der Waals surface area contributed by atoms with E-state index >= 15 is 0 Å². The molecule has 1 saturated heterocycles. The second-order valence-corrected chi connectivity index (χ2v) is 10.4. The molecule has 32 heavy (non-hydrogen) atoms.